The van der Waals surface area contributed by atoms with Gasteiger partial charge in [0.05, 0.1) is 10.9 Å². The first-order chi connectivity index (χ1) is 24.0. The average Bonchev–Trinajstić information content (AvgIpc) is 3.86. The lowest BCUT2D eigenvalue weighted by atomic mass is 10.0. The number of esters is 1. The van der Waals surface area contributed by atoms with Crippen LogP contribution in [0, 0.1) is 17.6 Å². The molecule has 4 atom stereocenters. The monoisotopic (exact) mass is 708 g/mol. The Morgan fingerprint density at radius 3 is 2.52 bits per heavy atom. The molecule has 50 heavy (non-hydrogen) atoms. The number of carbonyl (C=O) groups excluding carboxylic acids is 3. The van der Waals surface area contributed by atoms with E-state index >= 15 is 8.78 Å². The number of carboxylic acids is 1. The molecule has 16 heteroatoms. The van der Waals surface area contributed by atoms with Crippen molar-refractivity contribution in [2.75, 3.05) is 36.9 Å². The van der Waals surface area contributed by atoms with Gasteiger partial charge in [0.1, 0.15) is 46.8 Å². The molecule has 0 spiro atoms. The van der Waals surface area contributed by atoms with E-state index in [1.165, 1.54) is 10.8 Å². The summed E-state index contributed by atoms with van der Waals surface area (Å²) in [6, 6.07) is 7.23. The zero-order chi connectivity index (χ0) is 35.4. The fraction of sp³-hybridized carbons (Fsp3) is 0.382. The van der Waals surface area contributed by atoms with Gasteiger partial charge < -0.3 is 36.1 Å². The highest BCUT2D eigenvalue weighted by atomic mass is 32.2. The standard InChI is InChI=1S/C34H34F2N6O7S/c35-22-10-20-27(23(36)28(22)40-9-8-16(11-37)12-40)41(19-6-7-19)13-21(29(20)43)34(48)49-14-18-15-50-32-25(31(45)42(32)26(18)33(46)47)39-30(44)24(38)17-4-2-1-3-5-17/h1-5,10,13,16,19,24-25,32H,6-9,11-12,14-15,37-38H2,(H,39,44)(H,46,47)/t16?,24-,25?,32?/m1/s1. The number of halogens is 2. The summed E-state index contributed by atoms with van der Waals surface area (Å²) in [6.45, 7) is 0.599. The van der Waals surface area contributed by atoms with Crippen LogP contribution in [-0.4, -0.2) is 81.7 Å². The first-order valence-corrected chi connectivity index (χ1v) is 17.2. The average molecular weight is 709 g/mol. The molecular weight excluding hydrogens is 674 g/mol. The lowest BCUT2D eigenvalue weighted by Crippen LogP contribution is -2.71. The van der Waals surface area contributed by atoms with Crippen LogP contribution in [0.25, 0.3) is 10.9 Å². The summed E-state index contributed by atoms with van der Waals surface area (Å²) in [7, 11) is 0. The molecule has 1 aromatic heterocycles. The maximum atomic E-state index is 16.1. The maximum absolute atomic E-state index is 16.1. The van der Waals surface area contributed by atoms with Crippen LogP contribution in [0.4, 0.5) is 14.5 Å². The molecule has 7 rings (SSSR count). The second-order valence-electron chi connectivity index (χ2n) is 12.9. The lowest BCUT2D eigenvalue weighted by Gasteiger charge is -2.49. The maximum Gasteiger partial charge on any atom is 0.352 e. The van der Waals surface area contributed by atoms with Crippen LogP contribution in [0.2, 0.25) is 0 Å². The number of pyridine rings is 1. The third kappa shape index (κ3) is 5.80. The predicted octanol–water partition coefficient (Wildman–Crippen LogP) is 2.00. The minimum atomic E-state index is -1.44. The highest BCUT2D eigenvalue weighted by Crippen LogP contribution is 2.42. The fourth-order valence-corrected chi connectivity index (χ4v) is 8.14. The van der Waals surface area contributed by atoms with E-state index in [1.807, 2.05) is 0 Å². The van der Waals surface area contributed by atoms with Crippen molar-refractivity contribution in [2.24, 2.45) is 17.4 Å². The van der Waals surface area contributed by atoms with E-state index in [1.54, 1.807) is 35.2 Å². The van der Waals surface area contributed by atoms with Gasteiger partial charge in [-0.05, 0) is 43.4 Å². The molecule has 3 fully saturated rings. The molecule has 13 nitrogen and oxygen atoms in total. The Balaban J connectivity index is 1.11. The zero-order valence-corrected chi connectivity index (χ0v) is 27.5. The Hall–Kier alpha value is -4.80. The van der Waals surface area contributed by atoms with Crippen molar-refractivity contribution in [3.8, 4) is 0 Å². The minimum absolute atomic E-state index is 0.0329. The summed E-state index contributed by atoms with van der Waals surface area (Å²) < 4.78 is 38.4. The fourth-order valence-electron chi connectivity index (χ4n) is 6.82. The minimum Gasteiger partial charge on any atom is -0.477 e. The number of nitrogens with zero attached hydrogens (tertiary/aromatic N) is 3. The van der Waals surface area contributed by atoms with E-state index in [0.29, 0.717) is 44.5 Å². The molecule has 2 saturated heterocycles. The summed E-state index contributed by atoms with van der Waals surface area (Å²) in [5.41, 5.74) is 10.3. The number of hydrogen-bond donors (Lipinski definition) is 4. The summed E-state index contributed by atoms with van der Waals surface area (Å²) >= 11 is 1.16. The van der Waals surface area contributed by atoms with Gasteiger partial charge in [0.15, 0.2) is 5.82 Å². The van der Waals surface area contributed by atoms with Crippen molar-refractivity contribution in [2.45, 2.75) is 42.8 Å². The van der Waals surface area contributed by atoms with Crippen LogP contribution in [0.1, 0.15) is 47.3 Å². The Morgan fingerprint density at radius 1 is 1.12 bits per heavy atom. The molecule has 3 aromatic rings. The molecule has 262 valence electrons. The second kappa shape index (κ2) is 13.2. The number of nitrogens with one attached hydrogen (secondary N) is 1. The van der Waals surface area contributed by atoms with Crippen LogP contribution in [0.5, 0.6) is 0 Å². The Labute approximate surface area is 288 Å². The molecule has 1 saturated carbocycles. The number of ether oxygens (including phenoxy) is 1. The van der Waals surface area contributed by atoms with E-state index in [9.17, 15) is 29.1 Å². The SMILES string of the molecule is NCC1CCN(c2c(F)cc3c(=O)c(C(=O)OCC4=C(C(=O)O)N5C(=O)C(NC(=O)[C@H](N)c6ccccc6)C5SC4)cn(C4CC4)c3c2F)C1. The van der Waals surface area contributed by atoms with Crippen LogP contribution in [0.3, 0.4) is 0 Å². The van der Waals surface area contributed by atoms with Crippen LogP contribution in [0.15, 0.2) is 58.7 Å². The van der Waals surface area contributed by atoms with E-state index in [2.05, 4.69) is 5.32 Å². The number of aliphatic carboxylic acids is 1. The van der Waals surface area contributed by atoms with Crippen molar-refractivity contribution in [3.05, 3.63) is 86.8 Å². The smallest absolute Gasteiger partial charge is 0.352 e. The number of anilines is 1. The highest BCUT2D eigenvalue weighted by Gasteiger charge is 2.54. The highest BCUT2D eigenvalue weighted by molar-refractivity contribution is 8.00. The van der Waals surface area contributed by atoms with Crippen molar-refractivity contribution in [3.63, 3.8) is 0 Å². The molecule has 3 aliphatic heterocycles. The molecule has 0 bridgehead atoms. The normalized spacial score (nSPS) is 22.3. The number of rotatable bonds is 10. The molecule has 2 amide bonds. The molecule has 6 N–H and O–H groups in total. The number of benzene rings is 2. The van der Waals surface area contributed by atoms with Gasteiger partial charge in [-0.2, -0.15) is 0 Å². The third-order valence-corrected chi connectivity index (χ3v) is 11.0. The largest absolute Gasteiger partial charge is 0.477 e. The van der Waals surface area contributed by atoms with E-state index < -0.39 is 76.1 Å². The van der Waals surface area contributed by atoms with Gasteiger partial charge >= 0.3 is 11.9 Å². The van der Waals surface area contributed by atoms with Crippen LogP contribution >= 0.6 is 11.8 Å². The van der Waals surface area contributed by atoms with Gasteiger partial charge in [0.2, 0.25) is 11.3 Å². The van der Waals surface area contributed by atoms with E-state index in [-0.39, 0.29) is 39.9 Å². The number of hydrogen-bond acceptors (Lipinski definition) is 10. The number of aromatic nitrogens is 1. The van der Waals surface area contributed by atoms with E-state index in [4.69, 9.17) is 16.2 Å². The second-order valence-corrected chi connectivity index (χ2v) is 14.0. The van der Waals surface area contributed by atoms with Gasteiger partial charge in [0, 0.05) is 36.7 Å². The summed E-state index contributed by atoms with van der Waals surface area (Å²) in [5, 5.41) is 11.6. The number of carboxylic acid groups (broad SMARTS) is 1. The number of carbonyl (C=O) groups is 4. The first-order valence-electron chi connectivity index (χ1n) is 16.2. The van der Waals surface area contributed by atoms with Crippen LogP contribution in [-0.2, 0) is 19.1 Å². The van der Waals surface area contributed by atoms with Crippen molar-refractivity contribution < 1.29 is 37.8 Å². The van der Waals surface area contributed by atoms with Gasteiger partial charge in [-0.25, -0.2) is 18.4 Å². The zero-order valence-electron chi connectivity index (χ0n) is 26.6. The van der Waals surface area contributed by atoms with Gasteiger partial charge in [0.25, 0.3) is 5.91 Å². The van der Waals surface area contributed by atoms with Gasteiger partial charge in [-0.15, -0.1) is 11.8 Å². The van der Waals surface area contributed by atoms with Crippen LogP contribution < -0.4 is 27.1 Å². The van der Waals surface area contributed by atoms with E-state index in [0.717, 1.165) is 22.7 Å². The number of β-lactam (4-membered cyclic amide) rings is 1. The Morgan fingerprint density at radius 2 is 1.86 bits per heavy atom. The topological polar surface area (TPSA) is 190 Å². The van der Waals surface area contributed by atoms with Crippen molar-refractivity contribution in [1.82, 2.24) is 14.8 Å². The summed E-state index contributed by atoms with van der Waals surface area (Å²) in [4.78, 5) is 67.8. The van der Waals surface area contributed by atoms with Gasteiger partial charge in [-0.1, -0.05) is 30.3 Å². The van der Waals surface area contributed by atoms with Crippen molar-refractivity contribution in [1.29, 1.82) is 0 Å². The Bertz CT molecular complexity index is 2020. The molecule has 3 unspecified atom stereocenters. The number of thioether (sulfide) groups is 1. The molecule has 2 aromatic carbocycles. The number of fused-ring (bicyclic) bond motifs is 2. The summed E-state index contributed by atoms with van der Waals surface area (Å²) in [6.07, 6.45) is 3.22. The Kier molecular flexibility index (Phi) is 8.86. The molecule has 4 heterocycles. The lowest BCUT2D eigenvalue weighted by molar-refractivity contribution is -0.151. The first kappa shape index (κ1) is 33.7. The molecule has 0 radical (unpaired) electrons. The molecule has 4 aliphatic rings. The quantitative estimate of drug-likeness (QED) is 0.178. The molecule has 1 aliphatic carbocycles. The van der Waals surface area contributed by atoms with Crippen molar-refractivity contribution >= 4 is 52.1 Å². The molecular formula is C34H34F2N6O7S. The number of amides is 2. The van der Waals surface area contributed by atoms with Gasteiger partial charge in [-0.3, -0.25) is 19.3 Å². The number of nitrogens with two attached hydrogens (primary N) is 2. The summed E-state index contributed by atoms with van der Waals surface area (Å²) in [5.74, 6) is -5.53. The third-order valence-electron chi connectivity index (χ3n) is 9.65. The predicted molar refractivity (Wildman–Crippen MR) is 179 cm³/mol.